The number of nitrogens with one attached hydrogen (secondary N) is 1. The van der Waals surface area contributed by atoms with Gasteiger partial charge in [-0.15, -0.1) is 0 Å². The summed E-state index contributed by atoms with van der Waals surface area (Å²) in [5.74, 6) is 0.171. The van der Waals surface area contributed by atoms with E-state index in [2.05, 4.69) is 9.71 Å². The van der Waals surface area contributed by atoms with E-state index in [1.54, 1.807) is 24.4 Å². The first kappa shape index (κ1) is 20.6. The number of aromatic hydroxyl groups is 1. The molecule has 0 unspecified atom stereocenters. The second-order valence-electron chi connectivity index (χ2n) is 7.64. The monoisotopic (exact) mass is 400 g/mol. The van der Waals surface area contributed by atoms with Gasteiger partial charge in [0.1, 0.15) is 5.75 Å². The maximum absolute atomic E-state index is 13.1. The summed E-state index contributed by atoms with van der Waals surface area (Å²) in [6.45, 7) is 5.64. The van der Waals surface area contributed by atoms with E-state index in [-0.39, 0.29) is 17.8 Å². The largest absolute Gasteiger partial charge is 0.507 e. The number of sulfonamides is 1. The summed E-state index contributed by atoms with van der Waals surface area (Å²) in [5.41, 5.74) is 3.21. The van der Waals surface area contributed by atoms with E-state index in [4.69, 9.17) is 0 Å². The quantitative estimate of drug-likeness (QED) is 0.744. The van der Waals surface area contributed by atoms with Gasteiger partial charge in [0.25, 0.3) is 0 Å². The van der Waals surface area contributed by atoms with Crippen LogP contribution < -0.4 is 4.72 Å². The highest BCUT2D eigenvalue weighted by atomic mass is 32.2. The highest BCUT2D eigenvalue weighted by molar-refractivity contribution is 7.89. The van der Waals surface area contributed by atoms with Crippen molar-refractivity contribution in [1.29, 1.82) is 0 Å². The molecule has 0 aromatic heterocycles. The van der Waals surface area contributed by atoms with Crippen LogP contribution in [0.4, 0.5) is 0 Å². The van der Waals surface area contributed by atoms with Gasteiger partial charge in [-0.05, 0) is 56.9 Å². The van der Waals surface area contributed by atoms with E-state index in [9.17, 15) is 13.5 Å². The van der Waals surface area contributed by atoms with E-state index < -0.39 is 10.0 Å². The molecule has 1 aliphatic rings. The number of aryl methyl sites for hydroxylation is 3. The normalized spacial score (nSPS) is 20.5. The van der Waals surface area contributed by atoms with E-state index in [0.717, 1.165) is 42.4 Å². The Hall–Kier alpha value is -2.18. The first-order valence-corrected chi connectivity index (χ1v) is 11.2. The van der Waals surface area contributed by atoms with Crippen LogP contribution in [0.5, 0.6) is 5.75 Å². The van der Waals surface area contributed by atoms with Gasteiger partial charge < -0.3 is 5.11 Å². The minimum absolute atomic E-state index is 0.144. The Labute approximate surface area is 167 Å². The van der Waals surface area contributed by atoms with Gasteiger partial charge in [0.15, 0.2) is 0 Å². The summed E-state index contributed by atoms with van der Waals surface area (Å²) in [6, 6.07) is 10.4. The number of para-hydroxylation sites is 1. The van der Waals surface area contributed by atoms with Crippen LogP contribution in [0, 0.1) is 20.8 Å². The molecule has 0 amide bonds. The van der Waals surface area contributed by atoms with Crippen molar-refractivity contribution in [1.82, 2.24) is 4.72 Å². The molecule has 2 atom stereocenters. The number of benzene rings is 2. The third kappa shape index (κ3) is 4.62. The second kappa shape index (κ2) is 8.45. The Bertz CT molecular complexity index is 960. The Morgan fingerprint density at radius 3 is 2.39 bits per heavy atom. The molecule has 28 heavy (non-hydrogen) atoms. The zero-order valence-corrected chi connectivity index (χ0v) is 17.5. The molecule has 0 spiro atoms. The highest BCUT2D eigenvalue weighted by Gasteiger charge is 2.30. The van der Waals surface area contributed by atoms with E-state index in [0.29, 0.717) is 10.5 Å². The molecule has 150 valence electrons. The lowest BCUT2D eigenvalue weighted by atomic mass is 9.91. The molecule has 0 radical (unpaired) electrons. The van der Waals surface area contributed by atoms with Crippen molar-refractivity contribution in [3.8, 4) is 5.75 Å². The second-order valence-corrected chi connectivity index (χ2v) is 9.30. The standard InChI is InChI=1S/C22H28N2O3S/c1-15-12-16(2)22(17(3)13-15)28(26,27)24-20-10-6-5-9-19(20)23-14-18-8-4-7-11-21(18)25/h4,7-8,11-14,19-20,24-25H,5-6,9-10H2,1-3H3/t19-,20-/m1/s1. The Morgan fingerprint density at radius 2 is 1.71 bits per heavy atom. The number of phenolic OH excluding ortho intramolecular Hbond substituents is 1. The summed E-state index contributed by atoms with van der Waals surface area (Å²) >= 11 is 0. The van der Waals surface area contributed by atoms with E-state index in [1.807, 2.05) is 39.0 Å². The number of rotatable bonds is 5. The van der Waals surface area contributed by atoms with Crippen LogP contribution in [-0.4, -0.2) is 31.8 Å². The average Bonchev–Trinajstić information content (AvgIpc) is 2.60. The van der Waals surface area contributed by atoms with Crippen LogP contribution in [0.1, 0.15) is 47.9 Å². The first-order chi connectivity index (χ1) is 13.3. The molecule has 5 nitrogen and oxygen atoms in total. The minimum Gasteiger partial charge on any atom is -0.507 e. The average molecular weight is 401 g/mol. The topological polar surface area (TPSA) is 78.8 Å². The molecule has 0 saturated heterocycles. The van der Waals surface area contributed by atoms with Crippen LogP contribution in [0.15, 0.2) is 46.3 Å². The number of hydrogen-bond donors (Lipinski definition) is 2. The van der Waals surface area contributed by atoms with Crippen molar-refractivity contribution in [3.05, 3.63) is 58.7 Å². The van der Waals surface area contributed by atoms with Gasteiger partial charge in [0.05, 0.1) is 10.9 Å². The first-order valence-electron chi connectivity index (χ1n) is 9.69. The molecule has 2 N–H and O–H groups in total. The van der Waals surface area contributed by atoms with Crippen molar-refractivity contribution in [2.75, 3.05) is 0 Å². The van der Waals surface area contributed by atoms with Crippen LogP contribution in [0.3, 0.4) is 0 Å². The lowest BCUT2D eigenvalue weighted by Gasteiger charge is -2.29. The number of nitrogens with zero attached hydrogens (tertiary/aromatic N) is 1. The summed E-state index contributed by atoms with van der Waals surface area (Å²) in [6.07, 6.45) is 5.22. The van der Waals surface area contributed by atoms with Gasteiger partial charge in [0.2, 0.25) is 10.0 Å². The molecule has 1 aliphatic carbocycles. The fraction of sp³-hybridized carbons (Fsp3) is 0.409. The van der Waals surface area contributed by atoms with Gasteiger partial charge in [-0.2, -0.15) is 0 Å². The fourth-order valence-electron chi connectivity index (χ4n) is 4.05. The summed E-state index contributed by atoms with van der Waals surface area (Å²) in [5, 5.41) is 9.92. The number of hydrogen-bond acceptors (Lipinski definition) is 4. The van der Waals surface area contributed by atoms with Gasteiger partial charge in [-0.3, -0.25) is 4.99 Å². The third-order valence-electron chi connectivity index (χ3n) is 5.25. The molecule has 0 aliphatic heterocycles. The van der Waals surface area contributed by atoms with Crippen molar-refractivity contribution >= 4 is 16.2 Å². The van der Waals surface area contributed by atoms with E-state index >= 15 is 0 Å². The zero-order valence-electron chi connectivity index (χ0n) is 16.6. The molecule has 0 bridgehead atoms. The molecule has 6 heteroatoms. The summed E-state index contributed by atoms with van der Waals surface area (Å²) in [7, 11) is -3.64. The van der Waals surface area contributed by atoms with Gasteiger partial charge in [-0.25, -0.2) is 13.1 Å². The van der Waals surface area contributed by atoms with Crippen molar-refractivity contribution < 1.29 is 13.5 Å². The minimum atomic E-state index is -3.64. The Morgan fingerprint density at radius 1 is 1.07 bits per heavy atom. The predicted octanol–water partition coefficient (Wildman–Crippen LogP) is 4.03. The Kier molecular flexibility index (Phi) is 6.20. The Balaban J connectivity index is 1.84. The molecule has 0 heterocycles. The predicted molar refractivity (Wildman–Crippen MR) is 113 cm³/mol. The van der Waals surface area contributed by atoms with E-state index in [1.165, 1.54) is 0 Å². The summed E-state index contributed by atoms with van der Waals surface area (Å²) in [4.78, 5) is 4.99. The molecular formula is C22H28N2O3S. The van der Waals surface area contributed by atoms with Crippen LogP contribution in [-0.2, 0) is 10.0 Å². The zero-order chi connectivity index (χ0) is 20.3. The van der Waals surface area contributed by atoms with Crippen LogP contribution >= 0.6 is 0 Å². The molecule has 3 rings (SSSR count). The smallest absolute Gasteiger partial charge is 0.241 e. The maximum Gasteiger partial charge on any atom is 0.241 e. The summed E-state index contributed by atoms with van der Waals surface area (Å²) < 4.78 is 29.2. The van der Waals surface area contributed by atoms with Crippen molar-refractivity contribution in [2.45, 2.75) is 63.4 Å². The lowest BCUT2D eigenvalue weighted by molar-refractivity contribution is 0.363. The van der Waals surface area contributed by atoms with Crippen LogP contribution in [0.2, 0.25) is 0 Å². The molecule has 2 aromatic carbocycles. The third-order valence-corrected chi connectivity index (χ3v) is 7.05. The SMILES string of the molecule is Cc1cc(C)c(S(=O)(=O)N[C@@H]2CCCC[C@H]2N=Cc2ccccc2O)c(C)c1. The van der Waals surface area contributed by atoms with Crippen molar-refractivity contribution in [3.63, 3.8) is 0 Å². The number of aliphatic imine (C=N–C) groups is 1. The van der Waals surface area contributed by atoms with Gasteiger partial charge >= 0.3 is 0 Å². The maximum atomic E-state index is 13.1. The molecule has 1 fully saturated rings. The van der Waals surface area contributed by atoms with Crippen molar-refractivity contribution in [2.24, 2.45) is 4.99 Å². The van der Waals surface area contributed by atoms with Crippen LogP contribution in [0.25, 0.3) is 0 Å². The molecular weight excluding hydrogens is 372 g/mol. The highest BCUT2D eigenvalue weighted by Crippen LogP contribution is 2.26. The molecule has 1 saturated carbocycles. The lowest BCUT2D eigenvalue weighted by Crippen LogP contribution is -2.44. The fourth-order valence-corrected chi connectivity index (χ4v) is 5.81. The van der Waals surface area contributed by atoms with Gasteiger partial charge in [-0.1, -0.05) is 42.7 Å². The number of phenols is 1. The molecule has 2 aromatic rings. The van der Waals surface area contributed by atoms with Gasteiger partial charge in [0, 0.05) is 17.8 Å².